The van der Waals surface area contributed by atoms with Crippen molar-refractivity contribution < 1.29 is 10.3 Å². The highest BCUT2D eigenvalue weighted by molar-refractivity contribution is 5.33. The van der Waals surface area contributed by atoms with Gasteiger partial charge in [-0.3, -0.25) is 5.21 Å². The Morgan fingerprint density at radius 2 is 1.83 bits per heavy atom. The lowest BCUT2D eigenvalue weighted by Gasteiger charge is -2.38. The zero-order valence-corrected chi connectivity index (χ0v) is 7.92. The van der Waals surface area contributed by atoms with E-state index in [0.29, 0.717) is 5.70 Å². The molecule has 0 amide bonds. The quantitative estimate of drug-likeness (QED) is 0.579. The Hall–Kier alpha value is -0.800. The van der Waals surface area contributed by atoms with Gasteiger partial charge in [0.15, 0.2) is 5.72 Å². The maximum absolute atomic E-state index is 9.77. The summed E-state index contributed by atoms with van der Waals surface area (Å²) < 4.78 is 0. The maximum atomic E-state index is 9.77. The second-order valence-electron chi connectivity index (χ2n) is 3.43. The normalized spacial score (nSPS) is 30.8. The number of hydroxylamine groups is 2. The molecule has 0 saturated carbocycles. The van der Waals surface area contributed by atoms with E-state index in [1.165, 1.54) is 0 Å². The van der Waals surface area contributed by atoms with E-state index in [0.717, 1.165) is 16.2 Å². The lowest BCUT2D eigenvalue weighted by Crippen LogP contribution is -2.46. The average molecular weight is 169 g/mol. The van der Waals surface area contributed by atoms with E-state index < -0.39 is 5.72 Å². The van der Waals surface area contributed by atoms with Crippen molar-refractivity contribution in [3.63, 3.8) is 0 Å². The first-order chi connectivity index (χ1) is 5.37. The largest absolute Gasteiger partial charge is 0.366 e. The molecular weight excluding hydrogens is 154 g/mol. The lowest BCUT2D eigenvalue weighted by molar-refractivity contribution is -0.212. The summed E-state index contributed by atoms with van der Waals surface area (Å²) >= 11 is 0. The summed E-state index contributed by atoms with van der Waals surface area (Å²) in [6.45, 7) is 7.03. The first kappa shape index (κ1) is 9.29. The highest BCUT2D eigenvalue weighted by Gasteiger charge is 2.33. The molecule has 1 aliphatic rings. The molecule has 3 heteroatoms. The number of hydrogen-bond donors (Lipinski definition) is 2. The topological polar surface area (TPSA) is 43.7 Å². The fourth-order valence-electron chi connectivity index (χ4n) is 1.23. The second kappa shape index (κ2) is 2.61. The van der Waals surface area contributed by atoms with Crippen LogP contribution in [-0.2, 0) is 0 Å². The average Bonchev–Trinajstić information content (AvgIpc) is 1.99. The maximum Gasteiger partial charge on any atom is 0.180 e. The number of rotatable bonds is 0. The Bertz CT molecular complexity index is 264. The molecule has 1 heterocycles. The zero-order chi connectivity index (χ0) is 9.52. The Balaban J connectivity index is 3.16. The van der Waals surface area contributed by atoms with Gasteiger partial charge in [-0.05, 0) is 38.8 Å². The second-order valence-corrected chi connectivity index (χ2v) is 3.43. The SMILES string of the molecule is CC1=CC(C)=C(C)N(O)C1(C)O. The van der Waals surface area contributed by atoms with Crippen LogP contribution in [0.3, 0.4) is 0 Å². The predicted octanol–water partition coefficient (Wildman–Crippen LogP) is 1.64. The van der Waals surface area contributed by atoms with E-state index in [1.807, 2.05) is 13.0 Å². The van der Waals surface area contributed by atoms with Crippen LogP contribution >= 0.6 is 0 Å². The number of aliphatic hydroxyl groups is 1. The van der Waals surface area contributed by atoms with Crippen LogP contribution in [0.15, 0.2) is 22.9 Å². The molecule has 0 spiro atoms. The van der Waals surface area contributed by atoms with Crippen LogP contribution < -0.4 is 0 Å². The summed E-state index contributed by atoms with van der Waals surface area (Å²) in [5.41, 5.74) is 1.14. The van der Waals surface area contributed by atoms with E-state index in [9.17, 15) is 10.3 Å². The third-order valence-electron chi connectivity index (χ3n) is 2.48. The molecule has 12 heavy (non-hydrogen) atoms. The summed E-state index contributed by atoms with van der Waals surface area (Å²) in [6.07, 6.45) is 1.88. The van der Waals surface area contributed by atoms with Crippen LogP contribution in [0, 0.1) is 0 Å². The van der Waals surface area contributed by atoms with Gasteiger partial charge in [0.1, 0.15) is 0 Å². The van der Waals surface area contributed by atoms with Gasteiger partial charge in [-0.1, -0.05) is 6.08 Å². The highest BCUT2D eigenvalue weighted by atomic mass is 16.5. The molecule has 0 aliphatic carbocycles. The van der Waals surface area contributed by atoms with Gasteiger partial charge < -0.3 is 5.11 Å². The van der Waals surface area contributed by atoms with Crippen molar-refractivity contribution in [1.82, 2.24) is 5.06 Å². The van der Waals surface area contributed by atoms with E-state index in [-0.39, 0.29) is 0 Å². The van der Waals surface area contributed by atoms with Crippen LogP contribution in [0.4, 0.5) is 0 Å². The lowest BCUT2D eigenvalue weighted by atomic mass is 9.98. The van der Waals surface area contributed by atoms with Crippen molar-refractivity contribution in [2.45, 2.75) is 33.4 Å². The van der Waals surface area contributed by atoms with Crippen LogP contribution in [0.2, 0.25) is 0 Å². The molecule has 0 aromatic rings. The van der Waals surface area contributed by atoms with E-state index in [4.69, 9.17) is 0 Å². The highest BCUT2D eigenvalue weighted by Crippen LogP contribution is 2.30. The third-order valence-corrected chi connectivity index (χ3v) is 2.48. The van der Waals surface area contributed by atoms with Crippen molar-refractivity contribution in [1.29, 1.82) is 0 Å². The molecule has 0 saturated heterocycles. The molecule has 0 radical (unpaired) electrons. The van der Waals surface area contributed by atoms with Crippen molar-refractivity contribution in [3.05, 3.63) is 22.9 Å². The van der Waals surface area contributed by atoms with Crippen molar-refractivity contribution in [3.8, 4) is 0 Å². The number of allylic oxidation sites excluding steroid dienone is 3. The molecule has 0 aromatic heterocycles. The van der Waals surface area contributed by atoms with E-state index in [2.05, 4.69) is 0 Å². The zero-order valence-electron chi connectivity index (χ0n) is 7.92. The minimum absolute atomic E-state index is 0.686. The minimum Gasteiger partial charge on any atom is -0.366 e. The first-order valence-electron chi connectivity index (χ1n) is 3.95. The van der Waals surface area contributed by atoms with Crippen molar-refractivity contribution in [2.75, 3.05) is 0 Å². The standard InChI is InChI=1S/C9H15NO2/c1-6-5-7(2)9(4,11)10(12)8(6)3/h5,11-12H,1-4H3. The molecule has 1 aliphatic heterocycles. The molecule has 0 aromatic carbocycles. The molecular formula is C9H15NO2. The molecule has 0 bridgehead atoms. The van der Waals surface area contributed by atoms with Gasteiger partial charge in [0.2, 0.25) is 0 Å². The van der Waals surface area contributed by atoms with E-state index >= 15 is 0 Å². The Morgan fingerprint density at radius 1 is 1.33 bits per heavy atom. The van der Waals surface area contributed by atoms with Crippen LogP contribution in [-0.4, -0.2) is 21.1 Å². The summed E-state index contributed by atoms with van der Waals surface area (Å²) in [5.74, 6) is 0. The first-order valence-corrected chi connectivity index (χ1v) is 3.95. The summed E-state index contributed by atoms with van der Waals surface area (Å²) in [6, 6.07) is 0. The molecule has 1 atom stereocenters. The Labute approximate surface area is 72.6 Å². The monoisotopic (exact) mass is 169 g/mol. The van der Waals surface area contributed by atoms with Gasteiger partial charge in [-0.2, -0.15) is 0 Å². The van der Waals surface area contributed by atoms with Crippen LogP contribution in [0.5, 0.6) is 0 Å². The molecule has 3 nitrogen and oxygen atoms in total. The summed E-state index contributed by atoms with van der Waals surface area (Å²) in [4.78, 5) is 0. The molecule has 68 valence electrons. The van der Waals surface area contributed by atoms with Gasteiger partial charge in [0, 0.05) is 5.70 Å². The van der Waals surface area contributed by atoms with Crippen molar-refractivity contribution >= 4 is 0 Å². The summed E-state index contributed by atoms with van der Waals surface area (Å²) in [7, 11) is 0. The number of nitrogens with zero attached hydrogens (tertiary/aromatic N) is 1. The molecule has 2 N–H and O–H groups in total. The van der Waals surface area contributed by atoms with Crippen LogP contribution in [0.25, 0.3) is 0 Å². The van der Waals surface area contributed by atoms with Gasteiger partial charge in [0.05, 0.1) is 0 Å². The minimum atomic E-state index is -1.26. The fraction of sp³-hybridized carbons (Fsp3) is 0.556. The molecule has 1 rings (SSSR count). The van der Waals surface area contributed by atoms with Crippen LogP contribution in [0.1, 0.15) is 27.7 Å². The van der Waals surface area contributed by atoms with Crippen molar-refractivity contribution in [2.24, 2.45) is 0 Å². The smallest absolute Gasteiger partial charge is 0.180 e. The molecule has 0 fully saturated rings. The fourth-order valence-corrected chi connectivity index (χ4v) is 1.23. The van der Waals surface area contributed by atoms with Gasteiger partial charge in [0.25, 0.3) is 0 Å². The summed E-state index contributed by atoms with van der Waals surface area (Å²) in [5, 5.41) is 20.2. The van der Waals surface area contributed by atoms with Gasteiger partial charge in [-0.25, -0.2) is 5.06 Å². The Kier molecular flexibility index (Phi) is 2.02. The van der Waals surface area contributed by atoms with E-state index in [1.54, 1.807) is 20.8 Å². The van der Waals surface area contributed by atoms with Gasteiger partial charge in [-0.15, -0.1) is 0 Å². The number of hydrogen-bond acceptors (Lipinski definition) is 3. The predicted molar refractivity (Wildman–Crippen MR) is 46.4 cm³/mol. The Morgan fingerprint density at radius 3 is 2.33 bits per heavy atom. The van der Waals surface area contributed by atoms with Gasteiger partial charge >= 0.3 is 0 Å². The molecule has 1 unspecified atom stereocenters. The third kappa shape index (κ3) is 1.15.